The van der Waals surface area contributed by atoms with Gasteiger partial charge in [-0.2, -0.15) is 0 Å². The van der Waals surface area contributed by atoms with Gasteiger partial charge in [-0.1, -0.05) is 18.2 Å². The van der Waals surface area contributed by atoms with Crippen molar-refractivity contribution < 1.29 is 9.53 Å². The first kappa shape index (κ1) is 21.5. The van der Waals surface area contributed by atoms with Crippen molar-refractivity contribution in [2.75, 3.05) is 37.8 Å². The number of likely N-dealkylation sites (tertiary alicyclic amines) is 1. The highest BCUT2D eigenvalue weighted by Gasteiger charge is 2.20. The number of ether oxygens (including phenoxy) is 1. The van der Waals surface area contributed by atoms with Crippen LogP contribution in [0.5, 0.6) is 5.75 Å². The molecular formula is C23H31N3O2S. The Bertz CT molecular complexity index is 774. The number of rotatable bonds is 8. The normalized spacial score (nSPS) is 15.1. The third-order valence-electron chi connectivity index (χ3n) is 5.27. The molecule has 2 N–H and O–H groups in total. The standard InChI is InChI=1S/C23H31N3O2S/c1-3-28-21-10-8-20(9-11-21)25-23(27)24-16-18-12-14-26(15-13-18)17-19-6-4-5-7-22(19)29-2/h4-11,18H,3,12-17H2,1-2H3,(H2,24,25,27). The number of hydrogen-bond donors (Lipinski definition) is 2. The predicted molar refractivity (Wildman–Crippen MR) is 121 cm³/mol. The van der Waals surface area contributed by atoms with Gasteiger partial charge in [0.1, 0.15) is 5.75 Å². The number of carbonyl (C=O) groups excluding carboxylic acids is 1. The average Bonchev–Trinajstić information content (AvgIpc) is 2.75. The summed E-state index contributed by atoms with van der Waals surface area (Å²) in [5, 5.41) is 5.91. The van der Waals surface area contributed by atoms with E-state index in [0.717, 1.165) is 50.5 Å². The van der Waals surface area contributed by atoms with Crippen LogP contribution in [-0.2, 0) is 6.54 Å². The second-order valence-electron chi connectivity index (χ2n) is 7.32. The molecule has 156 valence electrons. The molecule has 2 amide bonds. The molecule has 0 saturated carbocycles. The van der Waals surface area contributed by atoms with Gasteiger partial charge in [-0.05, 0) is 80.9 Å². The van der Waals surface area contributed by atoms with Crippen molar-refractivity contribution in [2.45, 2.75) is 31.2 Å². The summed E-state index contributed by atoms with van der Waals surface area (Å²) < 4.78 is 5.42. The monoisotopic (exact) mass is 413 g/mol. The maximum atomic E-state index is 12.2. The number of amides is 2. The third kappa shape index (κ3) is 6.68. The molecule has 1 aliphatic rings. The van der Waals surface area contributed by atoms with Gasteiger partial charge in [0, 0.05) is 23.7 Å². The Morgan fingerprint density at radius 2 is 1.86 bits per heavy atom. The lowest BCUT2D eigenvalue weighted by molar-refractivity contribution is 0.175. The van der Waals surface area contributed by atoms with E-state index in [0.29, 0.717) is 12.5 Å². The Morgan fingerprint density at radius 1 is 1.14 bits per heavy atom. The summed E-state index contributed by atoms with van der Waals surface area (Å²) in [6, 6.07) is 15.9. The van der Waals surface area contributed by atoms with Crippen LogP contribution in [0.2, 0.25) is 0 Å². The maximum absolute atomic E-state index is 12.2. The summed E-state index contributed by atoms with van der Waals surface area (Å²) in [4.78, 5) is 16.1. The van der Waals surface area contributed by atoms with Crippen molar-refractivity contribution >= 4 is 23.5 Å². The van der Waals surface area contributed by atoms with Crippen LogP contribution < -0.4 is 15.4 Å². The molecule has 0 aliphatic carbocycles. The SMILES string of the molecule is CCOc1ccc(NC(=O)NCC2CCN(Cc3ccccc3SC)CC2)cc1. The van der Waals surface area contributed by atoms with Crippen LogP contribution >= 0.6 is 11.8 Å². The van der Waals surface area contributed by atoms with E-state index < -0.39 is 0 Å². The Labute approximate surface area is 178 Å². The number of thioether (sulfide) groups is 1. The molecule has 1 saturated heterocycles. The van der Waals surface area contributed by atoms with Crippen LogP contribution in [0.15, 0.2) is 53.4 Å². The molecular weight excluding hydrogens is 382 g/mol. The van der Waals surface area contributed by atoms with Gasteiger partial charge in [0.25, 0.3) is 0 Å². The van der Waals surface area contributed by atoms with Crippen molar-refractivity contribution in [3.05, 3.63) is 54.1 Å². The molecule has 0 atom stereocenters. The van der Waals surface area contributed by atoms with Crippen molar-refractivity contribution in [3.63, 3.8) is 0 Å². The van der Waals surface area contributed by atoms with E-state index in [1.165, 1.54) is 10.5 Å². The first-order valence-corrected chi connectivity index (χ1v) is 11.5. The number of nitrogens with zero attached hydrogens (tertiary/aromatic N) is 1. The van der Waals surface area contributed by atoms with E-state index in [4.69, 9.17) is 4.74 Å². The number of piperidine rings is 1. The van der Waals surface area contributed by atoms with Gasteiger partial charge >= 0.3 is 6.03 Å². The largest absolute Gasteiger partial charge is 0.494 e. The van der Waals surface area contributed by atoms with Gasteiger partial charge < -0.3 is 15.4 Å². The van der Waals surface area contributed by atoms with Gasteiger partial charge in [0.05, 0.1) is 6.61 Å². The fourth-order valence-corrected chi connectivity index (χ4v) is 4.25. The molecule has 5 nitrogen and oxygen atoms in total. The minimum atomic E-state index is -0.148. The van der Waals surface area contributed by atoms with Gasteiger partial charge in [0.2, 0.25) is 0 Å². The minimum Gasteiger partial charge on any atom is -0.494 e. The summed E-state index contributed by atoms with van der Waals surface area (Å²) in [6.45, 7) is 6.47. The molecule has 1 heterocycles. The topological polar surface area (TPSA) is 53.6 Å². The van der Waals surface area contributed by atoms with Crippen LogP contribution in [0, 0.1) is 5.92 Å². The first-order chi connectivity index (χ1) is 14.2. The average molecular weight is 414 g/mol. The number of hydrogen-bond acceptors (Lipinski definition) is 4. The van der Waals surface area contributed by atoms with Gasteiger partial charge in [0.15, 0.2) is 0 Å². The highest BCUT2D eigenvalue weighted by molar-refractivity contribution is 7.98. The van der Waals surface area contributed by atoms with Crippen LogP contribution in [-0.4, -0.2) is 43.4 Å². The van der Waals surface area contributed by atoms with Gasteiger partial charge in [-0.3, -0.25) is 4.90 Å². The molecule has 6 heteroatoms. The zero-order chi connectivity index (χ0) is 20.5. The second kappa shape index (κ2) is 11.1. The Balaban J connectivity index is 1.37. The quantitative estimate of drug-likeness (QED) is 0.608. The summed E-state index contributed by atoms with van der Waals surface area (Å²) in [7, 11) is 0. The van der Waals surface area contributed by atoms with Crippen LogP contribution in [0.3, 0.4) is 0 Å². The Hall–Kier alpha value is -2.18. The molecule has 1 aliphatic heterocycles. The molecule has 0 radical (unpaired) electrons. The van der Waals surface area contributed by atoms with E-state index in [9.17, 15) is 4.79 Å². The molecule has 29 heavy (non-hydrogen) atoms. The fourth-order valence-electron chi connectivity index (χ4n) is 3.64. The smallest absolute Gasteiger partial charge is 0.319 e. The lowest BCUT2D eigenvalue weighted by Crippen LogP contribution is -2.39. The van der Waals surface area contributed by atoms with E-state index in [2.05, 4.69) is 46.1 Å². The number of carbonyl (C=O) groups is 1. The molecule has 1 fully saturated rings. The Kier molecular flexibility index (Phi) is 8.25. The molecule has 0 unspecified atom stereocenters. The molecule has 3 rings (SSSR count). The number of anilines is 1. The highest BCUT2D eigenvalue weighted by Crippen LogP contribution is 2.24. The number of nitrogens with one attached hydrogen (secondary N) is 2. The maximum Gasteiger partial charge on any atom is 0.319 e. The lowest BCUT2D eigenvalue weighted by Gasteiger charge is -2.32. The fraction of sp³-hybridized carbons (Fsp3) is 0.435. The molecule has 2 aromatic rings. The van der Waals surface area contributed by atoms with E-state index in [1.807, 2.05) is 43.0 Å². The summed E-state index contributed by atoms with van der Waals surface area (Å²) in [5.74, 6) is 1.35. The van der Waals surface area contributed by atoms with Crippen LogP contribution in [0.25, 0.3) is 0 Å². The van der Waals surface area contributed by atoms with E-state index in [-0.39, 0.29) is 6.03 Å². The van der Waals surface area contributed by atoms with Crippen LogP contribution in [0.4, 0.5) is 10.5 Å². The summed E-state index contributed by atoms with van der Waals surface area (Å²) in [5.41, 5.74) is 2.18. The second-order valence-corrected chi connectivity index (χ2v) is 8.17. The van der Waals surface area contributed by atoms with Crippen molar-refractivity contribution in [1.82, 2.24) is 10.2 Å². The summed E-state index contributed by atoms with van der Waals surface area (Å²) >= 11 is 1.81. The molecule has 2 aromatic carbocycles. The van der Waals surface area contributed by atoms with Crippen molar-refractivity contribution in [1.29, 1.82) is 0 Å². The zero-order valence-corrected chi connectivity index (χ0v) is 18.1. The molecule has 0 spiro atoms. The highest BCUT2D eigenvalue weighted by atomic mass is 32.2. The molecule has 0 bridgehead atoms. The third-order valence-corrected chi connectivity index (χ3v) is 6.11. The Morgan fingerprint density at radius 3 is 2.55 bits per heavy atom. The number of benzene rings is 2. The van der Waals surface area contributed by atoms with Crippen LogP contribution in [0.1, 0.15) is 25.3 Å². The zero-order valence-electron chi connectivity index (χ0n) is 17.3. The minimum absolute atomic E-state index is 0.148. The van der Waals surface area contributed by atoms with E-state index in [1.54, 1.807) is 0 Å². The van der Waals surface area contributed by atoms with Crippen molar-refractivity contribution in [3.8, 4) is 5.75 Å². The molecule has 0 aromatic heterocycles. The van der Waals surface area contributed by atoms with Gasteiger partial charge in [-0.15, -0.1) is 11.8 Å². The van der Waals surface area contributed by atoms with E-state index >= 15 is 0 Å². The van der Waals surface area contributed by atoms with Crippen molar-refractivity contribution in [2.24, 2.45) is 5.92 Å². The summed E-state index contributed by atoms with van der Waals surface area (Å²) in [6.07, 6.45) is 4.37. The number of urea groups is 1. The predicted octanol–water partition coefficient (Wildman–Crippen LogP) is 4.84. The first-order valence-electron chi connectivity index (χ1n) is 10.3. The van der Waals surface area contributed by atoms with Gasteiger partial charge in [-0.25, -0.2) is 4.79 Å². The lowest BCUT2D eigenvalue weighted by atomic mass is 9.96.